The lowest BCUT2D eigenvalue weighted by Gasteiger charge is -2.15. The molecule has 0 bridgehead atoms. The molecule has 4 heteroatoms. The van der Waals surface area contributed by atoms with Crippen LogP contribution in [0.1, 0.15) is 24.3 Å². The van der Waals surface area contributed by atoms with Crippen LogP contribution in [0.25, 0.3) is 0 Å². The highest BCUT2D eigenvalue weighted by molar-refractivity contribution is 7.09. The second-order valence-electron chi connectivity index (χ2n) is 4.94. The van der Waals surface area contributed by atoms with Gasteiger partial charge in [-0.3, -0.25) is 0 Å². The Kier molecular flexibility index (Phi) is 5.89. The van der Waals surface area contributed by atoms with E-state index in [1.165, 1.54) is 4.88 Å². The van der Waals surface area contributed by atoms with Gasteiger partial charge < -0.3 is 10.1 Å². The van der Waals surface area contributed by atoms with E-state index in [4.69, 9.17) is 16.3 Å². The van der Waals surface area contributed by atoms with Gasteiger partial charge in [-0.05, 0) is 17.5 Å². The fourth-order valence-corrected chi connectivity index (χ4v) is 2.82. The van der Waals surface area contributed by atoms with Gasteiger partial charge in [0.25, 0.3) is 0 Å². The summed E-state index contributed by atoms with van der Waals surface area (Å²) in [6.07, 6.45) is 0.917. The molecule has 1 heterocycles. The first-order chi connectivity index (χ1) is 9.66. The molecule has 2 nitrogen and oxygen atoms in total. The Bertz CT molecular complexity index is 525. The molecular weight excluding hydrogens is 290 g/mol. The first-order valence-corrected chi connectivity index (χ1v) is 8.08. The minimum Gasteiger partial charge on any atom is -0.491 e. The van der Waals surface area contributed by atoms with Crippen molar-refractivity contribution in [3.05, 3.63) is 51.2 Å². The summed E-state index contributed by atoms with van der Waals surface area (Å²) in [7, 11) is 0. The summed E-state index contributed by atoms with van der Waals surface area (Å²) in [6.45, 7) is 5.68. The Balaban J connectivity index is 1.97. The van der Waals surface area contributed by atoms with Crippen molar-refractivity contribution in [2.24, 2.45) is 0 Å². The number of ether oxygens (including phenoxy) is 1. The van der Waals surface area contributed by atoms with E-state index >= 15 is 0 Å². The molecule has 0 saturated heterocycles. The molecule has 1 N–H and O–H groups in total. The number of halogens is 1. The Morgan fingerprint density at radius 2 is 2.10 bits per heavy atom. The van der Waals surface area contributed by atoms with Crippen LogP contribution in [0.15, 0.2) is 35.7 Å². The third kappa shape index (κ3) is 4.51. The predicted molar refractivity (Wildman–Crippen MR) is 86.9 cm³/mol. The van der Waals surface area contributed by atoms with Crippen molar-refractivity contribution in [2.75, 3.05) is 6.61 Å². The maximum absolute atomic E-state index is 6.26. The number of benzene rings is 1. The lowest BCUT2D eigenvalue weighted by atomic mass is 10.2. The van der Waals surface area contributed by atoms with E-state index in [1.807, 2.05) is 12.1 Å². The zero-order valence-electron chi connectivity index (χ0n) is 11.9. The molecule has 0 atom stereocenters. The van der Waals surface area contributed by atoms with Gasteiger partial charge in [0.1, 0.15) is 5.75 Å². The summed E-state index contributed by atoms with van der Waals surface area (Å²) in [6, 6.07) is 10.5. The van der Waals surface area contributed by atoms with Crippen molar-refractivity contribution in [3.63, 3.8) is 0 Å². The van der Waals surface area contributed by atoms with Gasteiger partial charge in [-0.15, -0.1) is 11.3 Å². The van der Waals surface area contributed by atoms with Gasteiger partial charge in [-0.25, -0.2) is 0 Å². The van der Waals surface area contributed by atoms with Gasteiger partial charge in [-0.2, -0.15) is 0 Å². The standard InChI is InChI=1S/C16H20ClNOS/c1-12(2)18-11-13-5-3-7-15(17)16(13)19-9-8-14-6-4-10-20-14/h3-7,10,12,18H,8-9,11H2,1-2H3. The summed E-state index contributed by atoms with van der Waals surface area (Å²) in [5.74, 6) is 0.805. The highest BCUT2D eigenvalue weighted by Gasteiger charge is 2.09. The van der Waals surface area contributed by atoms with Crippen LogP contribution in [0, 0.1) is 0 Å². The van der Waals surface area contributed by atoms with E-state index < -0.39 is 0 Å². The molecule has 2 aromatic rings. The largest absolute Gasteiger partial charge is 0.491 e. The van der Waals surface area contributed by atoms with Crippen LogP contribution in [-0.4, -0.2) is 12.6 Å². The molecule has 0 amide bonds. The van der Waals surface area contributed by atoms with E-state index in [9.17, 15) is 0 Å². The van der Waals surface area contributed by atoms with Gasteiger partial charge >= 0.3 is 0 Å². The van der Waals surface area contributed by atoms with Crippen LogP contribution in [0.4, 0.5) is 0 Å². The van der Waals surface area contributed by atoms with Crippen molar-refractivity contribution in [3.8, 4) is 5.75 Å². The fraction of sp³-hybridized carbons (Fsp3) is 0.375. The van der Waals surface area contributed by atoms with Gasteiger partial charge in [-0.1, -0.05) is 43.6 Å². The van der Waals surface area contributed by atoms with E-state index in [0.29, 0.717) is 17.7 Å². The molecule has 0 saturated carbocycles. The third-order valence-electron chi connectivity index (χ3n) is 2.92. The van der Waals surface area contributed by atoms with Gasteiger partial charge in [0, 0.05) is 29.4 Å². The smallest absolute Gasteiger partial charge is 0.142 e. The minimum absolute atomic E-state index is 0.438. The van der Waals surface area contributed by atoms with Crippen molar-refractivity contribution < 1.29 is 4.74 Å². The zero-order valence-corrected chi connectivity index (χ0v) is 13.4. The number of nitrogens with one attached hydrogen (secondary N) is 1. The van der Waals surface area contributed by atoms with Gasteiger partial charge in [0.15, 0.2) is 0 Å². The summed E-state index contributed by atoms with van der Waals surface area (Å²) in [4.78, 5) is 1.33. The molecule has 0 aliphatic carbocycles. The van der Waals surface area contributed by atoms with Crippen LogP contribution < -0.4 is 10.1 Å². The highest BCUT2D eigenvalue weighted by atomic mass is 35.5. The van der Waals surface area contributed by atoms with Gasteiger partial charge in [0.05, 0.1) is 11.6 Å². The third-order valence-corrected chi connectivity index (χ3v) is 4.16. The molecule has 2 rings (SSSR count). The number of para-hydroxylation sites is 1. The van der Waals surface area contributed by atoms with E-state index in [2.05, 4.69) is 42.7 Å². The second-order valence-corrected chi connectivity index (χ2v) is 6.38. The van der Waals surface area contributed by atoms with Crippen LogP contribution in [-0.2, 0) is 13.0 Å². The maximum atomic E-state index is 6.26. The Hall–Kier alpha value is -1.03. The fourth-order valence-electron chi connectivity index (χ4n) is 1.88. The van der Waals surface area contributed by atoms with Crippen LogP contribution in [0.2, 0.25) is 5.02 Å². The second kappa shape index (κ2) is 7.67. The lowest BCUT2D eigenvalue weighted by molar-refractivity contribution is 0.318. The molecule has 0 unspecified atom stereocenters. The van der Waals surface area contributed by atoms with Crippen LogP contribution in [0.3, 0.4) is 0 Å². The molecular formula is C16H20ClNOS. The van der Waals surface area contributed by atoms with E-state index in [0.717, 1.165) is 24.3 Å². The highest BCUT2D eigenvalue weighted by Crippen LogP contribution is 2.29. The zero-order chi connectivity index (χ0) is 14.4. The summed E-state index contributed by atoms with van der Waals surface area (Å²) >= 11 is 8.01. The normalized spacial score (nSPS) is 11.0. The first kappa shape index (κ1) is 15.4. The van der Waals surface area contributed by atoms with Crippen molar-refractivity contribution in [2.45, 2.75) is 32.9 Å². The molecule has 1 aromatic heterocycles. The Morgan fingerprint density at radius 1 is 1.25 bits per heavy atom. The number of hydrogen-bond acceptors (Lipinski definition) is 3. The Morgan fingerprint density at radius 3 is 2.80 bits per heavy atom. The van der Waals surface area contributed by atoms with Crippen molar-refractivity contribution in [1.82, 2.24) is 5.32 Å². The molecule has 0 spiro atoms. The van der Waals surface area contributed by atoms with E-state index in [-0.39, 0.29) is 0 Å². The topological polar surface area (TPSA) is 21.3 Å². The number of hydrogen-bond donors (Lipinski definition) is 1. The van der Waals surface area contributed by atoms with E-state index in [1.54, 1.807) is 11.3 Å². The lowest BCUT2D eigenvalue weighted by Crippen LogP contribution is -2.22. The summed E-state index contributed by atoms with van der Waals surface area (Å²) in [5, 5.41) is 6.16. The quantitative estimate of drug-likeness (QED) is 0.812. The Labute approximate surface area is 129 Å². The van der Waals surface area contributed by atoms with Crippen molar-refractivity contribution >= 4 is 22.9 Å². The summed E-state index contributed by atoms with van der Waals surface area (Å²) < 4.78 is 5.91. The molecule has 0 radical (unpaired) electrons. The first-order valence-electron chi connectivity index (χ1n) is 6.83. The predicted octanol–water partition coefficient (Wildman–Crippen LogP) is 4.52. The monoisotopic (exact) mass is 309 g/mol. The maximum Gasteiger partial charge on any atom is 0.142 e. The molecule has 0 fully saturated rings. The average molecular weight is 310 g/mol. The molecule has 0 aliphatic heterocycles. The minimum atomic E-state index is 0.438. The van der Waals surface area contributed by atoms with Crippen LogP contribution >= 0.6 is 22.9 Å². The van der Waals surface area contributed by atoms with Crippen molar-refractivity contribution in [1.29, 1.82) is 0 Å². The molecule has 1 aromatic carbocycles. The molecule has 20 heavy (non-hydrogen) atoms. The van der Waals surface area contributed by atoms with Crippen LogP contribution in [0.5, 0.6) is 5.75 Å². The molecule has 108 valence electrons. The van der Waals surface area contributed by atoms with Gasteiger partial charge in [0.2, 0.25) is 0 Å². The SMILES string of the molecule is CC(C)NCc1cccc(Cl)c1OCCc1cccs1. The molecule has 0 aliphatic rings. The summed E-state index contributed by atoms with van der Waals surface area (Å²) in [5.41, 5.74) is 1.11. The number of rotatable bonds is 7. The number of thiophene rings is 1. The average Bonchev–Trinajstić information content (AvgIpc) is 2.92.